The Morgan fingerprint density at radius 3 is 2.79 bits per heavy atom. The normalized spacial score (nSPS) is 11.1. The van der Waals surface area contributed by atoms with Crippen molar-refractivity contribution in [1.82, 2.24) is 9.88 Å². The zero-order valence-corrected chi connectivity index (χ0v) is 10.4. The average molecular weight is 233 g/mol. The van der Waals surface area contributed by atoms with Crippen LogP contribution in [0.1, 0.15) is 23.5 Å². The lowest BCUT2D eigenvalue weighted by atomic mass is 10.2. The van der Waals surface area contributed by atoms with E-state index in [2.05, 4.69) is 24.0 Å². The fourth-order valence-corrected chi connectivity index (χ4v) is 2.30. The van der Waals surface area contributed by atoms with Gasteiger partial charge in [-0.15, -0.1) is 22.9 Å². The van der Waals surface area contributed by atoms with E-state index < -0.39 is 0 Å². The molecule has 2 nitrogen and oxygen atoms in total. The third-order valence-corrected chi connectivity index (χ3v) is 3.21. The van der Waals surface area contributed by atoms with E-state index in [1.54, 1.807) is 11.3 Å². The quantitative estimate of drug-likeness (QED) is 0.554. The summed E-state index contributed by atoms with van der Waals surface area (Å²) in [5.41, 5.74) is 1.01. The first-order valence-electron chi connectivity index (χ1n) is 4.86. The van der Waals surface area contributed by atoms with Crippen LogP contribution >= 0.6 is 22.9 Å². The second-order valence-electron chi connectivity index (χ2n) is 3.63. The molecule has 0 fully saturated rings. The van der Waals surface area contributed by atoms with E-state index in [4.69, 9.17) is 11.6 Å². The smallest absolute Gasteiger partial charge is 0.0928 e. The van der Waals surface area contributed by atoms with Crippen molar-refractivity contribution in [2.24, 2.45) is 0 Å². The van der Waals surface area contributed by atoms with Gasteiger partial charge >= 0.3 is 0 Å². The van der Waals surface area contributed by atoms with E-state index in [1.165, 1.54) is 17.8 Å². The maximum Gasteiger partial charge on any atom is 0.0928 e. The lowest BCUT2D eigenvalue weighted by Gasteiger charge is -2.07. The molecule has 4 heteroatoms. The zero-order valence-electron chi connectivity index (χ0n) is 8.79. The molecule has 1 rings (SSSR count). The molecule has 0 N–H and O–H groups in total. The Balaban J connectivity index is 2.18. The maximum atomic E-state index is 5.68. The van der Waals surface area contributed by atoms with Gasteiger partial charge in [0.2, 0.25) is 0 Å². The van der Waals surface area contributed by atoms with Crippen LogP contribution in [0, 0.1) is 0 Å². The van der Waals surface area contributed by atoms with Crippen LogP contribution in [-0.2, 0) is 12.3 Å². The molecule has 0 spiro atoms. The lowest BCUT2D eigenvalue weighted by Crippen LogP contribution is -2.12. The van der Waals surface area contributed by atoms with Crippen LogP contribution in [0.15, 0.2) is 5.38 Å². The van der Waals surface area contributed by atoms with Gasteiger partial charge in [0.15, 0.2) is 0 Å². The van der Waals surface area contributed by atoms with Crippen LogP contribution in [0.25, 0.3) is 0 Å². The Morgan fingerprint density at radius 2 is 2.21 bits per heavy atom. The summed E-state index contributed by atoms with van der Waals surface area (Å²) in [4.78, 5) is 6.63. The Labute approximate surface area is 94.9 Å². The van der Waals surface area contributed by atoms with Crippen molar-refractivity contribution in [3.8, 4) is 0 Å². The zero-order chi connectivity index (χ0) is 10.4. The lowest BCUT2D eigenvalue weighted by molar-refractivity contribution is 0.394. The predicted octanol–water partition coefficient (Wildman–Crippen LogP) is 2.77. The first kappa shape index (κ1) is 12.0. The molecule has 14 heavy (non-hydrogen) atoms. The summed E-state index contributed by atoms with van der Waals surface area (Å²) in [6.45, 7) is 1.16. The van der Waals surface area contributed by atoms with E-state index in [9.17, 15) is 0 Å². The highest BCUT2D eigenvalue weighted by atomic mass is 35.5. The molecule has 1 aromatic heterocycles. The molecule has 0 aliphatic rings. The van der Waals surface area contributed by atoms with Crippen LogP contribution in [0.3, 0.4) is 0 Å². The molecular weight excluding hydrogens is 216 g/mol. The summed E-state index contributed by atoms with van der Waals surface area (Å²) >= 11 is 7.40. The maximum absolute atomic E-state index is 5.68. The number of halogens is 1. The SMILES string of the molecule is CN(C)CCCCc1nc(CCl)cs1. The van der Waals surface area contributed by atoms with E-state index in [0.717, 1.165) is 18.7 Å². The van der Waals surface area contributed by atoms with Gasteiger partial charge in [0.1, 0.15) is 0 Å². The molecule has 1 heterocycles. The molecule has 0 amide bonds. The van der Waals surface area contributed by atoms with Gasteiger partial charge in [-0.3, -0.25) is 0 Å². The second kappa shape index (κ2) is 6.38. The van der Waals surface area contributed by atoms with Gasteiger partial charge in [0.25, 0.3) is 0 Å². The highest BCUT2D eigenvalue weighted by Gasteiger charge is 2.00. The largest absolute Gasteiger partial charge is 0.309 e. The highest BCUT2D eigenvalue weighted by molar-refractivity contribution is 7.09. The third kappa shape index (κ3) is 4.40. The monoisotopic (exact) mass is 232 g/mol. The van der Waals surface area contributed by atoms with Gasteiger partial charge < -0.3 is 4.90 Å². The highest BCUT2D eigenvalue weighted by Crippen LogP contribution is 2.13. The fraction of sp³-hybridized carbons (Fsp3) is 0.700. The van der Waals surface area contributed by atoms with Crippen molar-refractivity contribution in [3.05, 3.63) is 16.1 Å². The van der Waals surface area contributed by atoms with Gasteiger partial charge in [-0.25, -0.2) is 4.98 Å². The van der Waals surface area contributed by atoms with Crippen LogP contribution < -0.4 is 0 Å². The fourth-order valence-electron chi connectivity index (χ4n) is 1.23. The summed E-state index contributed by atoms with van der Waals surface area (Å²) < 4.78 is 0. The van der Waals surface area contributed by atoms with Crippen molar-refractivity contribution in [3.63, 3.8) is 0 Å². The topological polar surface area (TPSA) is 16.1 Å². The predicted molar refractivity (Wildman–Crippen MR) is 63.2 cm³/mol. The van der Waals surface area contributed by atoms with Crippen molar-refractivity contribution in [2.75, 3.05) is 20.6 Å². The number of unbranched alkanes of at least 4 members (excludes halogenated alkanes) is 1. The first-order valence-corrected chi connectivity index (χ1v) is 6.27. The van der Waals surface area contributed by atoms with Gasteiger partial charge in [0, 0.05) is 5.38 Å². The molecule has 0 aliphatic carbocycles. The average Bonchev–Trinajstić information content (AvgIpc) is 2.60. The number of aromatic nitrogens is 1. The summed E-state index contributed by atoms with van der Waals surface area (Å²) in [6, 6.07) is 0. The van der Waals surface area contributed by atoms with Crippen LogP contribution in [0.2, 0.25) is 0 Å². The standard InChI is InChI=1S/C10H17ClN2S/c1-13(2)6-4-3-5-10-12-9(7-11)8-14-10/h8H,3-7H2,1-2H3. The number of rotatable bonds is 6. The Morgan fingerprint density at radius 1 is 1.43 bits per heavy atom. The number of alkyl halides is 1. The van der Waals surface area contributed by atoms with E-state index >= 15 is 0 Å². The van der Waals surface area contributed by atoms with Gasteiger partial charge in [-0.05, 0) is 39.9 Å². The van der Waals surface area contributed by atoms with E-state index in [-0.39, 0.29) is 0 Å². The summed E-state index contributed by atoms with van der Waals surface area (Å²) in [5.74, 6) is 0.536. The molecular formula is C10H17ClN2S. The van der Waals surface area contributed by atoms with Gasteiger partial charge in [0.05, 0.1) is 16.6 Å². The number of hydrogen-bond donors (Lipinski definition) is 0. The van der Waals surface area contributed by atoms with Crippen molar-refractivity contribution < 1.29 is 0 Å². The Hall–Kier alpha value is -0.120. The third-order valence-electron chi connectivity index (χ3n) is 1.98. The minimum absolute atomic E-state index is 0.536. The number of thiazole rings is 1. The molecule has 0 radical (unpaired) electrons. The minimum atomic E-state index is 0.536. The number of aryl methyl sites for hydroxylation is 1. The van der Waals surface area contributed by atoms with Crippen LogP contribution in [0.5, 0.6) is 0 Å². The van der Waals surface area contributed by atoms with Crippen LogP contribution in [-0.4, -0.2) is 30.5 Å². The molecule has 0 aliphatic heterocycles. The van der Waals surface area contributed by atoms with Gasteiger partial charge in [-0.1, -0.05) is 0 Å². The summed E-state index contributed by atoms with van der Waals surface area (Å²) in [5, 5.41) is 3.27. The van der Waals surface area contributed by atoms with Gasteiger partial charge in [-0.2, -0.15) is 0 Å². The van der Waals surface area contributed by atoms with Crippen molar-refractivity contribution >= 4 is 22.9 Å². The first-order chi connectivity index (χ1) is 6.72. The molecule has 0 saturated heterocycles. The minimum Gasteiger partial charge on any atom is -0.309 e. The molecule has 1 aromatic rings. The molecule has 0 aromatic carbocycles. The second-order valence-corrected chi connectivity index (χ2v) is 4.84. The molecule has 80 valence electrons. The Bertz CT molecular complexity index is 260. The van der Waals surface area contributed by atoms with Crippen LogP contribution in [0.4, 0.5) is 0 Å². The molecule has 0 saturated carbocycles. The molecule has 0 unspecified atom stereocenters. The van der Waals surface area contributed by atoms with Crippen molar-refractivity contribution in [1.29, 1.82) is 0 Å². The number of hydrogen-bond acceptors (Lipinski definition) is 3. The number of nitrogens with zero attached hydrogens (tertiary/aromatic N) is 2. The van der Waals surface area contributed by atoms with E-state index in [1.807, 2.05) is 5.38 Å². The van der Waals surface area contributed by atoms with E-state index in [0.29, 0.717) is 5.88 Å². The van der Waals surface area contributed by atoms with Crippen molar-refractivity contribution in [2.45, 2.75) is 25.1 Å². The Kier molecular flexibility index (Phi) is 5.45. The molecule has 0 bridgehead atoms. The summed E-state index contributed by atoms with van der Waals surface area (Å²) in [7, 11) is 4.21. The summed E-state index contributed by atoms with van der Waals surface area (Å²) in [6.07, 6.45) is 3.55. The molecule has 0 atom stereocenters.